The second-order valence-electron chi connectivity index (χ2n) is 6.70. The van der Waals surface area contributed by atoms with Gasteiger partial charge in [-0.15, -0.1) is 0 Å². The number of amides is 1. The average Bonchev–Trinajstić information content (AvgIpc) is 3.25. The number of H-pyrrole nitrogens is 1. The maximum Gasteiger partial charge on any atom is 0.326 e. The number of carboxylic acids is 1. The first-order valence-electron chi connectivity index (χ1n) is 8.29. The molecule has 2 fully saturated rings. The van der Waals surface area contributed by atoms with E-state index in [0.717, 1.165) is 30.2 Å². The van der Waals surface area contributed by atoms with Gasteiger partial charge in [0.05, 0.1) is 7.11 Å². The lowest BCUT2D eigenvalue weighted by atomic mass is 9.94. The van der Waals surface area contributed by atoms with Gasteiger partial charge in [-0.25, -0.2) is 4.79 Å². The Morgan fingerprint density at radius 1 is 1.33 bits per heavy atom. The largest absolute Gasteiger partial charge is 0.496 e. The maximum atomic E-state index is 13.0. The molecule has 2 aromatic rings. The molecular formula is C18H20N2O4. The van der Waals surface area contributed by atoms with Gasteiger partial charge in [-0.1, -0.05) is 12.5 Å². The highest BCUT2D eigenvalue weighted by atomic mass is 16.5. The van der Waals surface area contributed by atoms with Gasteiger partial charge in [0, 0.05) is 17.4 Å². The van der Waals surface area contributed by atoms with Gasteiger partial charge in [0.25, 0.3) is 5.91 Å². The standard InChI is InChI=1S/C18H20N2O4/c1-24-15-7-3-6-13-12(15)8-14(19-13)17(21)20-9-10-4-2-5-11(10)16(20)18(22)23/h3,6-8,10-11,16,19H,2,4-5,9H2,1H3,(H,22,23)/t10-,11-,16-/m0/s1. The number of likely N-dealkylation sites (tertiary alicyclic amines) is 1. The molecule has 2 N–H and O–H groups in total. The van der Waals surface area contributed by atoms with Crippen molar-refractivity contribution in [2.24, 2.45) is 11.8 Å². The van der Waals surface area contributed by atoms with Crippen molar-refractivity contribution in [3.63, 3.8) is 0 Å². The minimum atomic E-state index is -0.897. The van der Waals surface area contributed by atoms with Crippen molar-refractivity contribution in [2.45, 2.75) is 25.3 Å². The van der Waals surface area contributed by atoms with E-state index in [0.29, 0.717) is 23.9 Å². The number of methoxy groups -OCH3 is 1. The minimum absolute atomic E-state index is 0.0883. The SMILES string of the molecule is COc1cccc2[nH]c(C(=O)N3C[C@@H]4CCC[C@@H]4[C@H]3C(=O)O)cc12. The summed E-state index contributed by atoms with van der Waals surface area (Å²) in [4.78, 5) is 29.3. The van der Waals surface area contributed by atoms with Crippen LogP contribution in [0.25, 0.3) is 10.9 Å². The summed E-state index contributed by atoms with van der Waals surface area (Å²) in [6.07, 6.45) is 2.97. The molecule has 2 aliphatic rings. The van der Waals surface area contributed by atoms with Crippen LogP contribution in [0.5, 0.6) is 5.75 Å². The Labute approximate surface area is 139 Å². The van der Waals surface area contributed by atoms with Crippen molar-refractivity contribution in [2.75, 3.05) is 13.7 Å². The lowest BCUT2D eigenvalue weighted by Crippen LogP contribution is -2.43. The van der Waals surface area contributed by atoms with E-state index in [1.807, 2.05) is 18.2 Å². The van der Waals surface area contributed by atoms with E-state index < -0.39 is 12.0 Å². The molecule has 24 heavy (non-hydrogen) atoms. The van der Waals surface area contributed by atoms with E-state index in [1.54, 1.807) is 13.2 Å². The van der Waals surface area contributed by atoms with E-state index >= 15 is 0 Å². The van der Waals surface area contributed by atoms with Crippen LogP contribution in [0.15, 0.2) is 24.3 Å². The fourth-order valence-electron chi connectivity index (χ4n) is 4.41. The summed E-state index contributed by atoms with van der Waals surface area (Å²) in [5.74, 6) is -0.0447. The molecule has 1 saturated carbocycles. The molecule has 3 atom stereocenters. The summed E-state index contributed by atoms with van der Waals surface area (Å²) in [6.45, 7) is 0.535. The van der Waals surface area contributed by atoms with Crippen LogP contribution in [-0.2, 0) is 4.79 Å². The summed E-state index contributed by atoms with van der Waals surface area (Å²) >= 11 is 0. The highest BCUT2D eigenvalue weighted by Crippen LogP contribution is 2.42. The number of hydrogen-bond donors (Lipinski definition) is 2. The smallest absolute Gasteiger partial charge is 0.326 e. The van der Waals surface area contributed by atoms with Crippen molar-refractivity contribution in [3.05, 3.63) is 30.0 Å². The number of aromatic amines is 1. The zero-order valence-electron chi connectivity index (χ0n) is 13.5. The predicted molar refractivity (Wildman–Crippen MR) is 88.1 cm³/mol. The first kappa shape index (κ1) is 15.1. The third-order valence-electron chi connectivity index (χ3n) is 5.48. The van der Waals surface area contributed by atoms with Crippen molar-refractivity contribution in [1.82, 2.24) is 9.88 Å². The Morgan fingerprint density at radius 3 is 2.92 bits per heavy atom. The van der Waals surface area contributed by atoms with E-state index in [4.69, 9.17) is 4.74 Å². The lowest BCUT2D eigenvalue weighted by molar-refractivity contribution is -0.142. The van der Waals surface area contributed by atoms with Crippen molar-refractivity contribution >= 4 is 22.8 Å². The van der Waals surface area contributed by atoms with Crippen LogP contribution in [0.2, 0.25) is 0 Å². The number of carbonyl (C=O) groups is 2. The molecule has 2 heterocycles. The van der Waals surface area contributed by atoms with Crippen LogP contribution >= 0.6 is 0 Å². The summed E-state index contributed by atoms with van der Waals surface area (Å²) in [6, 6.07) is 6.61. The average molecular weight is 328 g/mol. The number of nitrogens with one attached hydrogen (secondary N) is 1. The number of carbonyl (C=O) groups excluding carboxylic acids is 1. The first-order valence-corrected chi connectivity index (χ1v) is 8.29. The van der Waals surface area contributed by atoms with Gasteiger partial charge in [-0.2, -0.15) is 0 Å². The second kappa shape index (κ2) is 5.54. The molecule has 4 rings (SSSR count). The van der Waals surface area contributed by atoms with Crippen LogP contribution in [0.1, 0.15) is 29.8 Å². The number of carboxylic acid groups (broad SMARTS) is 1. The molecule has 0 radical (unpaired) electrons. The zero-order valence-corrected chi connectivity index (χ0v) is 13.5. The van der Waals surface area contributed by atoms with Gasteiger partial charge in [0.2, 0.25) is 0 Å². The monoisotopic (exact) mass is 328 g/mol. The maximum absolute atomic E-state index is 13.0. The number of aliphatic carboxylic acids is 1. The summed E-state index contributed by atoms with van der Waals surface area (Å²) in [7, 11) is 1.59. The minimum Gasteiger partial charge on any atom is -0.496 e. The molecule has 6 heteroatoms. The summed E-state index contributed by atoms with van der Waals surface area (Å²) < 4.78 is 5.33. The molecular weight excluding hydrogens is 308 g/mol. The fourth-order valence-corrected chi connectivity index (χ4v) is 4.41. The third kappa shape index (κ3) is 2.17. The van der Waals surface area contributed by atoms with E-state index in [2.05, 4.69) is 4.98 Å². The summed E-state index contributed by atoms with van der Waals surface area (Å²) in [5.41, 5.74) is 1.23. The predicted octanol–water partition coefficient (Wildman–Crippen LogP) is 2.50. The van der Waals surface area contributed by atoms with E-state index in [9.17, 15) is 14.7 Å². The number of benzene rings is 1. The van der Waals surface area contributed by atoms with Gasteiger partial charge in [-0.3, -0.25) is 4.79 Å². The van der Waals surface area contributed by atoms with Gasteiger partial charge < -0.3 is 19.7 Å². The molecule has 0 bridgehead atoms. The zero-order chi connectivity index (χ0) is 16.8. The van der Waals surface area contributed by atoms with Gasteiger partial charge >= 0.3 is 5.97 Å². The van der Waals surface area contributed by atoms with Gasteiger partial charge in [0.15, 0.2) is 0 Å². The molecule has 0 unspecified atom stereocenters. The topological polar surface area (TPSA) is 82.6 Å². The molecule has 1 aromatic heterocycles. The Kier molecular flexibility index (Phi) is 3.48. The molecule has 1 amide bonds. The quantitative estimate of drug-likeness (QED) is 0.907. The lowest BCUT2D eigenvalue weighted by Gasteiger charge is -2.23. The van der Waals surface area contributed by atoms with E-state index in [-0.39, 0.29) is 11.8 Å². The van der Waals surface area contributed by atoms with Crippen molar-refractivity contribution < 1.29 is 19.4 Å². The molecule has 1 aliphatic heterocycles. The number of aromatic nitrogens is 1. The number of rotatable bonds is 3. The Hall–Kier alpha value is -2.50. The van der Waals surface area contributed by atoms with Crippen molar-refractivity contribution in [1.29, 1.82) is 0 Å². The Morgan fingerprint density at radius 2 is 2.17 bits per heavy atom. The van der Waals surface area contributed by atoms with Crippen LogP contribution in [0, 0.1) is 11.8 Å². The Bertz CT molecular complexity index is 812. The molecule has 1 aromatic carbocycles. The third-order valence-corrected chi connectivity index (χ3v) is 5.48. The number of hydrogen-bond acceptors (Lipinski definition) is 3. The number of nitrogens with zero attached hydrogens (tertiary/aromatic N) is 1. The first-order chi connectivity index (χ1) is 11.6. The van der Waals surface area contributed by atoms with Crippen LogP contribution < -0.4 is 4.74 Å². The highest BCUT2D eigenvalue weighted by molar-refractivity contribution is 6.01. The molecule has 0 spiro atoms. The molecule has 6 nitrogen and oxygen atoms in total. The normalized spacial score (nSPS) is 25.9. The van der Waals surface area contributed by atoms with Gasteiger partial charge in [0.1, 0.15) is 17.5 Å². The molecule has 1 aliphatic carbocycles. The number of ether oxygens (including phenoxy) is 1. The molecule has 1 saturated heterocycles. The second-order valence-corrected chi connectivity index (χ2v) is 6.70. The fraction of sp³-hybridized carbons (Fsp3) is 0.444. The van der Waals surface area contributed by atoms with Crippen LogP contribution in [0.4, 0.5) is 0 Å². The number of fused-ring (bicyclic) bond motifs is 2. The summed E-state index contributed by atoms with van der Waals surface area (Å²) in [5, 5.41) is 10.5. The highest BCUT2D eigenvalue weighted by Gasteiger charge is 2.49. The Balaban J connectivity index is 1.69. The molecule has 126 valence electrons. The van der Waals surface area contributed by atoms with Crippen LogP contribution in [-0.4, -0.2) is 46.6 Å². The van der Waals surface area contributed by atoms with Crippen molar-refractivity contribution in [3.8, 4) is 5.75 Å². The van der Waals surface area contributed by atoms with Crippen LogP contribution in [0.3, 0.4) is 0 Å². The van der Waals surface area contributed by atoms with Gasteiger partial charge in [-0.05, 0) is 42.9 Å². The van der Waals surface area contributed by atoms with E-state index in [1.165, 1.54) is 4.90 Å².